The van der Waals surface area contributed by atoms with Crippen LogP contribution < -0.4 is 5.32 Å². The van der Waals surface area contributed by atoms with Crippen molar-refractivity contribution in [3.63, 3.8) is 0 Å². The van der Waals surface area contributed by atoms with Crippen LogP contribution in [0.3, 0.4) is 0 Å². The van der Waals surface area contributed by atoms with Crippen LogP contribution in [0.1, 0.15) is 17.5 Å². The number of rotatable bonds is 1. The van der Waals surface area contributed by atoms with Gasteiger partial charge < -0.3 is 10.4 Å². The van der Waals surface area contributed by atoms with Crippen LogP contribution in [0.2, 0.25) is 0 Å². The molecule has 0 bridgehead atoms. The molecule has 1 atom stereocenters. The van der Waals surface area contributed by atoms with E-state index in [1.165, 1.54) is 11.1 Å². The highest BCUT2D eigenvalue weighted by Gasteiger charge is 2.18. The van der Waals surface area contributed by atoms with Gasteiger partial charge >= 0.3 is 0 Å². The van der Waals surface area contributed by atoms with Gasteiger partial charge in [-0.2, -0.15) is 0 Å². The molecule has 1 aliphatic carbocycles. The average molecular weight is 177 g/mol. The van der Waals surface area contributed by atoms with Crippen LogP contribution in [0.25, 0.3) is 0 Å². The minimum absolute atomic E-state index is 0.151. The first-order valence-electron chi connectivity index (χ1n) is 4.78. The SMILES string of the molecule is CNc1cccc2c1CC(O)CC2. The van der Waals surface area contributed by atoms with Crippen LogP contribution >= 0.6 is 0 Å². The van der Waals surface area contributed by atoms with E-state index in [-0.39, 0.29) is 6.10 Å². The van der Waals surface area contributed by atoms with Crippen molar-refractivity contribution in [2.45, 2.75) is 25.4 Å². The molecular formula is C11H15NO. The maximum atomic E-state index is 9.55. The molecule has 0 saturated carbocycles. The lowest BCUT2D eigenvalue weighted by Crippen LogP contribution is -2.19. The summed E-state index contributed by atoms with van der Waals surface area (Å²) >= 11 is 0. The van der Waals surface area contributed by atoms with Crippen LogP contribution in [0.4, 0.5) is 5.69 Å². The number of hydrogen-bond acceptors (Lipinski definition) is 2. The van der Waals surface area contributed by atoms with Gasteiger partial charge in [0.25, 0.3) is 0 Å². The molecule has 2 rings (SSSR count). The van der Waals surface area contributed by atoms with Gasteiger partial charge in [-0.3, -0.25) is 0 Å². The number of nitrogens with one attached hydrogen (secondary N) is 1. The van der Waals surface area contributed by atoms with Crippen LogP contribution in [-0.4, -0.2) is 18.3 Å². The van der Waals surface area contributed by atoms with E-state index in [1.54, 1.807) is 0 Å². The van der Waals surface area contributed by atoms with Gasteiger partial charge in [-0.25, -0.2) is 0 Å². The van der Waals surface area contributed by atoms with Crippen LogP contribution in [-0.2, 0) is 12.8 Å². The Labute approximate surface area is 78.6 Å². The van der Waals surface area contributed by atoms with E-state index >= 15 is 0 Å². The third-order valence-corrected chi connectivity index (χ3v) is 2.73. The molecule has 70 valence electrons. The number of aryl methyl sites for hydroxylation is 1. The van der Waals surface area contributed by atoms with Crippen molar-refractivity contribution in [2.24, 2.45) is 0 Å². The second-order valence-corrected chi connectivity index (χ2v) is 3.59. The molecule has 0 radical (unpaired) electrons. The Morgan fingerprint density at radius 2 is 2.31 bits per heavy atom. The van der Waals surface area contributed by atoms with E-state index in [0.717, 1.165) is 24.9 Å². The second kappa shape index (κ2) is 3.38. The standard InChI is InChI=1S/C11H15NO/c1-12-11-4-2-3-8-5-6-9(13)7-10(8)11/h2-4,9,12-13H,5-7H2,1H3. The van der Waals surface area contributed by atoms with Gasteiger partial charge in [0.15, 0.2) is 0 Å². The molecule has 0 fully saturated rings. The fourth-order valence-electron chi connectivity index (χ4n) is 2.00. The molecule has 0 aromatic heterocycles. The summed E-state index contributed by atoms with van der Waals surface area (Å²) in [5.74, 6) is 0. The zero-order valence-corrected chi connectivity index (χ0v) is 7.88. The number of aliphatic hydroxyl groups excluding tert-OH is 1. The second-order valence-electron chi connectivity index (χ2n) is 3.59. The number of anilines is 1. The summed E-state index contributed by atoms with van der Waals surface area (Å²) in [6.07, 6.45) is 2.56. The molecular weight excluding hydrogens is 162 g/mol. The summed E-state index contributed by atoms with van der Waals surface area (Å²) in [6, 6.07) is 6.29. The van der Waals surface area contributed by atoms with Gasteiger partial charge in [-0.15, -0.1) is 0 Å². The molecule has 1 aliphatic rings. The Hall–Kier alpha value is -1.02. The number of aliphatic hydroxyl groups is 1. The first-order chi connectivity index (χ1) is 6.31. The zero-order chi connectivity index (χ0) is 9.26. The van der Waals surface area contributed by atoms with E-state index in [0.29, 0.717) is 0 Å². The van der Waals surface area contributed by atoms with Crippen molar-refractivity contribution >= 4 is 5.69 Å². The van der Waals surface area contributed by atoms with E-state index < -0.39 is 0 Å². The van der Waals surface area contributed by atoms with Gasteiger partial charge in [-0.05, 0) is 30.0 Å². The fraction of sp³-hybridized carbons (Fsp3) is 0.455. The van der Waals surface area contributed by atoms with Crippen molar-refractivity contribution in [2.75, 3.05) is 12.4 Å². The highest BCUT2D eigenvalue weighted by atomic mass is 16.3. The van der Waals surface area contributed by atoms with Gasteiger partial charge in [0, 0.05) is 19.2 Å². The molecule has 0 heterocycles. The largest absolute Gasteiger partial charge is 0.393 e. The summed E-state index contributed by atoms with van der Waals surface area (Å²) in [5.41, 5.74) is 3.84. The van der Waals surface area contributed by atoms with Crippen molar-refractivity contribution in [1.82, 2.24) is 0 Å². The topological polar surface area (TPSA) is 32.3 Å². The average Bonchev–Trinajstić information content (AvgIpc) is 2.17. The van der Waals surface area contributed by atoms with E-state index in [1.807, 2.05) is 7.05 Å². The van der Waals surface area contributed by atoms with Crippen LogP contribution in [0.15, 0.2) is 18.2 Å². The lowest BCUT2D eigenvalue weighted by Gasteiger charge is -2.22. The molecule has 2 nitrogen and oxygen atoms in total. The number of benzene rings is 1. The molecule has 2 heteroatoms. The lowest BCUT2D eigenvalue weighted by molar-refractivity contribution is 0.159. The van der Waals surface area contributed by atoms with Crippen molar-refractivity contribution in [3.8, 4) is 0 Å². The number of fused-ring (bicyclic) bond motifs is 1. The summed E-state index contributed by atoms with van der Waals surface area (Å²) in [5, 5.41) is 12.7. The molecule has 0 saturated heterocycles. The van der Waals surface area contributed by atoms with E-state index in [4.69, 9.17) is 0 Å². The molecule has 13 heavy (non-hydrogen) atoms. The fourth-order valence-corrected chi connectivity index (χ4v) is 2.00. The quantitative estimate of drug-likeness (QED) is 0.682. The molecule has 1 unspecified atom stereocenters. The highest BCUT2D eigenvalue weighted by Crippen LogP contribution is 2.27. The Kier molecular flexibility index (Phi) is 2.23. The van der Waals surface area contributed by atoms with E-state index in [2.05, 4.69) is 23.5 Å². The van der Waals surface area contributed by atoms with Crippen LogP contribution in [0, 0.1) is 0 Å². The Balaban J connectivity index is 2.41. The predicted octanol–water partition coefficient (Wildman–Crippen LogP) is 1.58. The lowest BCUT2D eigenvalue weighted by atomic mass is 9.89. The molecule has 1 aromatic rings. The Morgan fingerprint density at radius 1 is 1.46 bits per heavy atom. The molecule has 0 aliphatic heterocycles. The maximum absolute atomic E-state index is 9.55. The van der Waals surface area contributed by atoms with Gasteiger partial charge in [0.1, 0.15) is 0 Å². The van der Waals surface area contributed by atoms with E-state index in [9.17, 15) is 5.11 Å². The van der Waals surface area contributed by atoms with Gasteiger partial charge in [-0.1, -0.05) is 12.1 Å². The maximum Gasteiger partial charge on any atom is 0.0584 e. The van der Waals surface area contributed by atoms with Crippen molar-refractivity contribution in [3.05, 3.63) is 29.3 Å². The third kappa shape index (κ3) is 1.54. The monoisotopic (exact) mass is 177 g/mol. The summed E-state index contributed by atoms with van der Waals surface area (Å²) in [6.45, 7) is 0. The molecule has 2 N–H and O–H groups in total. The normalized spacial score (nSPS) is 20.9. The first kappa shape index (κ1) is 8.57. The minimum atomic E-state index is -0.151. The predicted molar refractivity (Wildman–Crippen MR) is 54.0 cm³/mol. The highest BCUT2D eigenvalue weighted by molar-refractivity contribution is 5.55. The smallest absolute Gasteiger partial charge is 0.0584 e. The zero-order valence-electron chi connectivity index (χ0n) is 7.88. The third-order valence-electron chi connectivity index (χ3n) is 2.73. The minimum Gasteiger partial charge on any atom is -0.393 e. The van der Waals surface area contributed by atoms with Crippen molar-refractivity contribution < 1.29 is 5.11 Å². The summed E-state index contributed by atoms with van der Waals surface area (Å²) < 4.78 is 0. The first-order valence-corrected chi connectivity index (χ1v) is 4.78. The molecule has 0 amide bonds. The number of hydrogen-bond donors (Lipinski definition) is 2. The Bertz CT molecular complexity index is 295. The molecule has 0 spiro atoms. The van der Waals surface area contributed by atoms with Gasteiger partial charge in [0.05, 0.1) is 6.10 Å². The molecule has 1 aromatic carbocycles. The van der Waals surface area contributed by atoms with Crippen LogP contribution in [0.5, 0.6) is 0 Å². The van der Waals surface area contributed by atoms with Gasteiger partial charge in [0.2, 0.25) is 0 Å². The summed E-state index contributed by atoms with van der Waals surface area (Å²) in [4.78, 5) is 0. The summed E-state index contributed by atoms with van der Waals surface area (Å²) in [7, 11) is 1.93. The van der Waals surface area contributed by atoms with Crippen molar-refractivity contribution in [1.29, 1.82) is 0 Å². The Morgan fingerprint density at radius 3 is 3.08 bits per heavy atom.